The number of nitrogens with two attached hydrogens (primary N) is 1. The Hall–Kier alpha value is -1.96. The van der Waals surface area contributed by atoms with Crippen molar-refractivity contribution in [3.63, 3.8) is 0 Å². The van der Waals surface area contributed by atoms with Crippen LogP contribution < -0.4 is 14.8 Å². The van der Waals surface area contributed by atoms with E-state index in [0.29, 0.717) is 17.8 Å². The van der Waals surface area contributed by atoms with E-state index in [4.69, 9.17) is 5.73 Å². The molecule has 0 saturated heterocycles. The molecule has 1 aromatic rings. The third kappa shape index (κ3) is 2.43. The van der Waals surface area contributed by atoms with Crippen LogP contribution in [0.4, 0.5) is 16.2 Å². The van der Waals surface area contributed by atoms with E-state index in [1.165, 1.54) is 4.31 Å². The molecule has 1 atom stereocenters. The summed E-state index contributed by atoms with van der Waals surface area (Å²) < 4.78 is 31.6. The highest BCUT2D eigenvalue weighted by Crippen LogP contribution is 2.35. The average molecular weight is 285 g/mol. The smallest absolute Gasteiger partial charge is 0.422 e. The van der Waals surface area contributed by atoms with Crippen molar-refractivity contribution in [3.05, 3.63) is 23.8 Å². The standard InChI is InChI=1S/C11H15N3O4S/c1-7-5-8-6-9(12)3-4-10(8)14(7)19(16,17)13-11(15)18-2/h3-4,6-7H,5,12H2,1-2H3,(H,13,15). The van der Waals surface area contributed by atoms with Gasteiger partial charge >= 0.3 is 16.3 Å². The SMILES string of the molecule is COC(=O)NS(=O)(=O)N1c2ccc(N)cc2CC1C. The van der Waals surface area contributed by atoms with Crippen molar-refractivity contribution >= 4 is 27.7 Å². The number of benzene rings is 1. The Kier molecular flexibility index (Phi) is 3.27. The molecule has 1 amide bonds. The van der Waals surface area contributed by atoms with E-state index >= 15 is 0 Å². The van der Waals surface area contributed by atoms with Crippen LogP contribution in [0, 0.1) is 0 Å². The molecule has 104 valence electrons. The van der Waals surface area contributed by atoms with Gasteiger partial charge in [-0.15, -0.1) is 0 Å². The molecular formula is C11H15N3O4S. The predicted molar refractivity (Wildman–Crippen MR) is 71.0 cm³/mol. The van der Waals surface area contributed by atoms with Gasteiger partial charge in [-0.3, -0.25) is 0 Å². The van der Waals surface area contributed by atoms with Gasteiger partial charge in [0.05, 0.1) is 12.8 Å². The first-order chi connectivity index (χ1) is 8.85. The first-order valence-electron chi connectivity index (χ1n) is 5.63. The zero-order chi connectivity index (χ0) is 14.2. The maximum Gasteiger partial charge on any atom is 0.422 e. The summed E-state index contributed by atoms with van der Waals surface area (Å²) in [6, 6.07) is 4.70. The number of methoxy groups -OCH3 is 1. The first-order valence-corrected chi connectivity index (χ1v) is 7.07. The van der Waals surface area contributed by atoms with Gasteiger partial charge in [0.25, 0.3) is 0 Å². The van der Waals surface area contributed by atoms with E-state index in [9.17, 15) is 13.2 Å². The van der Waals surface area contributed by atoms with Crippen molar-refractivity contribution in [2.45, 2.75) is 19.4 Å². The minimum absolute atomic E-state index is 0.293. The number of nitrogens with one attached hydrogen (secondary N) is 1. The second-order valence-corrected chi connectivity index (χ2v) is 5.88. The number of carbonyl (C=O) groups excluding carboxylic acids is 1. The Morgan fingerprint density at radius 3 is 2.84 bits per heavy atom. The Morgan fingerprint density at radius 1 is 1.53 bits per heavy atom. The number of hydrogen-bond donors (Lipinski definition) is 2. The quantitative estimate of drug-likeness (QED) is 0.776. The molecule has 1 aromatic carbocycles. The number of rotatable bonds is 2. The van der Waals surface area contributed by atoms with E-state index < -0.39 is 16.3 Å². The number of anilines is 2. The molecule has 2 rings (SSSR count). The third-order valence-corrected chi connectivity index (χ3v) is 4.41. The third-order valence-electron chi connectivity index (χ3n) is 2.91. The summed E-state index contributed by atoms with van der Waals surface area (Å²) in [6.45, 7) is 1.76. The molecule has 1 aliphatic rings. The van der Waals surface area contributed by atoms with Crippen molar-refractivity contribution in [1.82, 2.24) is 4.72 Å². The van der Waals surface area contributed by atoms with Crippen LogP contribution in [0.3, 0.4) is 0 Å². The van der Waals surface area contributed by atoms with E-state index in [1.54, 1.807) is 25.1 Å². The second-order valence-electron chi connectivity index (χ2n) is 4.34. The van der Waals surface area contributed by atoms with E-state index in [-0.39, 0.29) is 6.04 Å². The monoisotopic (exact) mass is 285 g/mol. The van der Waals surface area contributed by atoms with Crippen molar-refractivity contribution in [1.29, 1.82) is 0 Å². The number of amides is 1. The fraction of sp³-hybridized carbons (Fsp3) is 0.364. The highest BCUT2D eigenvalue weighted by Gasteiger charge is 2.36. The number of nitrogens with zero attached hydrogens (tertiary/aromatic N) is 1. The largest absolute Gasteiger partial charge is 0.452 e. The first kappa shape index (κ1) is 13.5. The van der Waals surface area contributed by atoms with Gasteiger partial charge in [0.15, 0.2) is 0 Å². The Morgan fingerprint density at radius 2 is 2.21 bits per heavy atom. The van der Waals surface area contributed by atoms with Gasteiger partial charge in [0.1, 0.15) is 0 Å². The lowest BCUT2D eigenvalue weighted by atomic mass is 10.1. The van der Waals surface area contributed by atoms with Crippen LogP contribution in [-0.4, -0.2) is 27.7 Å². The summed E-state index contributed by atoms with van der Waals surface area (Å²) in [5.41, 5.74) is 7.61. The molecule has 1 heterocycles. The lowest BCUT2D eigenvalue weighted by Crippen LogP contribution is -2.46. The van der Waals surface area contributed by atoms with Crippen molar-refractivity contribution in [2.24, 2.45) is 0 Å². The van der Waals surface area contributed by atoms with E-state index in [1.807, 2.05) is 4.72 Å². The fourth-order valence-corrected chi connectivity index (χ4v) is 3.56. The number of carbonyl (C=O) groups is 1. The molecule has 0 saturated carbocycles. The highest BCUT2D eigenvalue weighted by atomic mass is 32.2. The van der Waals surface area contributed by atoms with Gasteiger partial charge in [0, 0.05) is 11.7 Å². The van der Waals surface area contributed by atoms with Crippen molar-refractivity contribution in [3.8, 4) is 0 Å². The highest BCUT2D eigenvalue weighted by molar-refractivity contribution is 7.91. The topological polar surface area (TPSA) is 102 Å². The van der Waals surface area contributed by atoms with Crippen LogP contribution in [0.5, 0.6) is 0 Å². The van der Waals surface area contributed by atoms with Gasteiger partial charge < -0.3 is 10.5 Å². The molecule has 0 bridgehead atoms. The number of hydrogen-bond acceptors (Lipinski definition) is 5. The van der Waals surface area contributed by atoms with Crippen LogP contribution in [-0.2, 0) is 21.4 Å². The second kappa shape index (κ2) is 4.61. The fourth-order valence-electron chi connectivity index (χ4n) is 2.19. The van der Waals surface area contributed by atoms with Crippen LogP contribution in [0.15, 0.2) is 18.2 Å². The molecule has 1 aliphatic heterocycles. The van der Waals surface area contributed by atoms with Gasteiger partial charge in [0.2, 0.25) is 0 Å². The lowest BCUT2D eigenvalue weighted by Gasteiger charge is -2.23. The minimum Gasteiger partial charge on any atom is -0.452 e. The maximum absolute atomic E-state index is 12.1. The number of ether oxygens (including phenoxy) is 1. The Bertz CT molecular complexity index is 614. The Balaban J connectivity index is 2.39. The minimum atomic E-state index is -3.98. The molecule has 0 radical (unpaired) electrons. The molecular weight excluding hydrogens is 270 g/mol. The van der Waals surface area contributed by atoms with Crippen LogP contribution in [0.25, 0.3) is 0 Å². The summed E-state index contributed by atoms with van der Waals surface area (Å²) >= 11 is 0. The molecule has 7 nitrogen and oxygen atoms in total. The van der Waals surface area contributed by atoms with Crippen molar-refractivity contribution in [2.75, 3.05) is 17.1 Å². The average Bonchev–Trinajstić information content (AvgIpc) is 2.63. The molecule has 1 unspecified atom stereocenters. The van der Waals surface area contributed by atoms with Gasteiger partial charge in [-0.05, 0) is 37.1 Å². The number of fused-ring (bicyclic) bond motifs is 1. The van der Waals surface area contributed by atoms with Crippen LogP contribution >= 0.6 is 0 Å². The van der Waals surface area contributed by atoms with Crippen LogP contribution in [0.2, 0.25) is 0 Å². The van der Waals surface area contributed by atoms with Gasteiger partial charge in [-0.2, -0.15) is 8.42 Å². The van der Waals surface area contributed by atoms with Crippen LogP contribution in [0.1, 0.15) is 12.5 Å². The summed E-state index contributed by atoms with van der Waals surface area (Å²) in [4.78, 5) is 11.1. The van der Waals surface area contributed by atoms with Crippen molar-refractivity contribution < 1.29 is 17.9 Å². The molecule has 0 aliphatic carbocycles. The summed E-state index contributed by atoms with van der Waals surface area (Å²) in [5.74, 6) is 0. The molecule has 8 heteroatoms. The van der Waals surface area contributed by atoms with E-state index in [2.05, 4.69) is 4.74 Å². The lowest BCUT2D eigenvalue weighted by molar-refractivity contribution is 0.177. The predicted octanol–water partition coefficient (Wildman–Crippen LogP) is 0.621. The molecule has 0 aromatic heterocycles. The molecule has 19 heavy (non-hydrogen) atoms. The Labute approximate surface area is 111 Å². The number of nitrogen functional groups attached to an aromatic ring is 1. The molecule has 0 fully saturated rings. The summed E-state index contributed by atoms with van der Waals surface area (Å²) in [7, 11) is -2.87. The maximum atomic E-state index is 12.1. The summed E-state index contributed by atoms with van der Waals surface area (Å²) in [5, 5.41) is 0. The van der Waals surface area contributed by atoms with Gasteiger partial charge in [-0.1, -0.05) is 0 Å². The zero-order valence-corrected chi connectivity index (χ0v) is 11.4. The van der Waals surface area contributed by atoms with E-state index in [0.717, 1.165) is 12.7 Å². The molecule has 0 spiro atoms. The summed E-state index contributed by atoms with van der Waals surface area (Å²) in [6.07, 6.45) is -0.473. The molecule has 3 N–H and O–H groups in total. The normalized spacial score (nSPS) is 18.0. The van der Waals surface area contributed by atoms with Gasteiger partial charge in [-0.25, -0.2) is 13.8 Å². The zero-order valence-electron chi connectivity index (χ0n) is 10.6.